The van der Waals surface area contributed by atoms with Gasteiger partial charge in [0.25, 0.3) is 0 Å². The van der Waals surface area contributed by atoms with Gasteiger partial charge in [0.15, 0.2) is 0 Å². The molecule has 0 amide bonds. The second-order valence-electron chi connectivity index (χ2n) is 9.48. The van der Waals surface area contributed by atoms with Crippen molar-refractivity contribution in [1.82, 2.24) is 0 Å². The number of rotatable bonds is 8. The molecule has 0 aliphatic heterocycles. The zero-order valence-electron chi connectivity index (χ0n) is 18.8. The Kier molecular flexibility index (Phi) is 6.72. The molecular weight excluding hydrogens is 360 g/mol. The monoisotopic (exact) mass is 394 g/mol. The zero-order chi connectivity index (χ0) is 22.0. The molecule has 3 heteroatoms. The number of aldehydes is 1. The highest BCUT2D eigenvalue weighted by molar-refractivity contribution is 5.86. The largest absolute Gasteiger partial charge is 0.480 e. The van der Waals surface area contributed by atoms with Gasteiger partial charge in [0, 0.05) is 6.42 Å². The molecule has 0 saturated carbocycles. The average molecular weight is 395 g/mol. The van der Waals surface area contributed by atoms with E-state index in [0.717, 1.165) is 40.5 Å². The first-order valence-electron chi connectivity index (χ1n) is 10.3. The average Bonchev–Trinajstić information content (AvgIpc) is 2.59. The quantitative estimate of drug-likeness (QED) is 0.579. The molecule has 0 heterocycles. The molecule has 29 heavy (non-hydrogen) atoms. The standard InChI is InChI=1S/C26H34O3/c1-17(2)14-20-8-10-21(11-9-20)26(7,24(28)29)22-16-18(3)15-19(4)23(22)25(5,6)12-13-27/h8-11,13,15-17H,12,14H2,1-7H3,(H,28,29). The number of aryl methyl sites for hydroxylation is 2. The van der Waals surface area contributed by atoms with Gasteiger partial charge in [0.1, 0.15) is 11.7 Å². The fourth-order valence-corrected chi connectivity index (χ4v) is 4.41. The summed E-state index contributed by atoms with van der Waals surface area (Å²) in [4.78, 5) is 24.0. The first-order valence-corrected chi connectivity index (χ1v) is 10.3. The summed E-state index contributed by atoms with van der Waals surface area (Å²) < 4.78 is 0. The number of hydrogen-bond donors (Lipinski definition) is 1. The number of carbonyl (C=O) groups excluding carboxylic acids is 1. The summed E-state index contributed by atoms with van der Waals surface area (Å²) in [5.74, 6) is -0.343. The predicted octanol–water partition coefficient (Wildman–Crippen LogP) is 5.76. The molecule has 0 fully saturated rings. The van der Waals surface area contributed by atoms with Crippen LogP contribution in [0.3, 0.4) is 0 Å². The molecule has 0 aliphatic rings. The lowest BCUT2D eigenvalue weighted by Crippen LogP contribution is -2.37. The molecule has 156 valence electrons. The Bertz CT molecular complexity index is 891. The molecule has 0 radical (unpaired) electrons. The number of benzene rings is 2. The number of aliphatic carboxylic acids is 1. The SMILES string of the molecule is Cc1cc(C)c(C(C)(C)CC=O)c(C(C)(C(=O)O)c2ccc(CC(C)C)cc2)c1. The van der Waals surface area contributed by atoms with Crippen LogP contribution in [-0.4, -0.2) is 17.4 Å². The van der Waals surface area contributed by atoms with Gasteiger partial charge in [0.05, 0.1) is 0 Å². The van der Waals surface area contributed by atoms with Gasteiger partial charge in [-0.25, -0.2) is 0 Å². The molecule has 2 aromatic rings. The maximum absolute atomic E-state index is 12.7. The minimum Gasteiger partial charge on any atom is -0.480 e. The second-order valence-corrected chi connectivity index (χ2v) is 9.48. The van der Waals surface area contributed by atoms with Crippen molar-refractivity contribution in [2.45, 2.75) is 72.1 Å². The van der Waals surface area contributed by atoms with Crippen LogP contribution in [0.4, 0.5) is 0 Å². The number of hydrogen-bond acceptors (Lipinski definition) is 2. The number of carboxylic acid groups (broad SMARTS) is 1. The fraction of sp³-hybridized carbons (Fsp3) is 0.462. The third-order valence-electron chi connectivity index (χ3n) is 5.89. The molecule has 0 aliphatic carbocycles. The number of carbonyl (C=O) groups is 2. The Morgan fingerprint density at radius 2 is 1.66 bits per heavy atom. The summed E-state index contributed by atoms with van der Waals surface area (Å²) >= 11 is 0. The van der Waals surface area contributed by atoms with Crippen molar-refractivity contribution in [2.24, 2.45) is 5.92 Å². The molecule has 3 nitrogen and oxygen atoms in total. The van der Waals surface area contributed by atoms with Gasteiger partial charge in [-0.3, -0.25) is 4.79 Å². The van der Waals surface area contributed by atoms with Crippen LogP contribution < -0.4 is 0 Å². The van der Waals surface area contributed by atoms with E-state index in [0.29, 0.717) is 12.3 Å². The van der Waals surface area contributed by atoms with Crippen LogP contribution >= 0.6 is 0 Å². The minimum absolute atomic E-state index is 0.340. The molecule has 0 bridgehead atoms. The van der Waals surface area contributed by atoms with Crippen LogP contribution in [0.2, 0.25) is 0 Å². The summed E-state index contributed by atoms with van der Waals surface area (Å²) in [6.45, 7) is 14.1. The lowest BCUT2D eigenvalue weighted by Gasteiger charge is -2.35. The Morgan fingerprint density at radius 1 is 1.07 bits per heavy atom. The van der Waals surface area contributed by atoms with Crippen LogP contribution in [0.5, 0.6) is 0 Å². The molecule has 0 spiro atoms. The minimum atomic E-state index is -1.21. The Morgan fingerprint density at radius 3 is 2.14 bits per heavy atom. The lowest BCUT2D eigenvalue weighted by molar-refractivity contribution is -0.141. The molecule has 0 saturated heterocycles. The molecule has 2 rings (SSSR count). The Labute approximate surface area is 175 Å². The summed E-state index contributed by atoms with van der Waals surface area (Å²) in [5.41, 5.74) is 4.07. The van der Waals surface area contributed by atoms with Gasteiger partial charge in [-0.15, -0.1) is 0 Å². The van der Waals surface area contributed by atoms with Crippen molar-refractivity contribution in [3.8, 4) is 0 Å². The van der Waals surface area contributed by atoms with E-state index in [9.17, 15) is 14.7 Å². The molecule has 0 aromatic heterocycles. The normalized spacial score (nSPS) is 13.9. The van der Waals surface area contributed by atoms with Gasteiger partial charge in [-0.2, -0.15) is 0 Å². The summed E-state index contributed by atoms with van der Waals surface area (Å²) in [6, 6.07) is 12.0. The van der Waals surface area contributed by atoms with E-state index in [1.54, 1.807) is 6.92 Å². The third-order valence-corrected chi connectivity index (χ3v) is 5.89. The van der Waals surface area contributed by atoms with Crippen LogP contribution in [0.1, 0.15) is 74.4 Å². The van der Waals surface area contributed by atoms with Crippen molar-refractivity contribution in [1.29, 1.82) is 0 Å². The van der Waals surface area contributed by atoms with Crippen LogP contribution in [0.15, 0.2) is 36.4 Å². The Balaban J connectivity index is 2.75. The molecule has 1 atom stereocenters. The van der Waals surface area contributed by atoms with Crippen LogP contribution in [-0.2, 0) is 26.8 Å². The molecule has 1 N–H and O–H groups in total. The second kappa shape index (κ2) is 8.52. The van der Waals surface area contributed by atoms with Gasteiger partial charge in [-0.1, -0.05) is 69.7 Å². The van der Waals surface area contributed by atoms with E-state index in [4.69, 9.17) is 0 Å². The fourth-order valence-electron chi connectivity index (χ4n) is 4.41. The maximum Gasteiger partial charge on any atom is 0.318 e. The lowest BCUT2D eigenvalue weighted by atomic mass is 9.67. The van der Waals surface area contributed by atoms with Crippen molar-refractivity contribution >= 4 is 12.3 Å². The first kappa shape index (κ1) is 22.9. The molecular formula is C26H34O3. The van der Waals surface area contributed by atoms with E-state index in [1.807, 2.05) is 58.0 Å². The van der Waals surface area contributed by atoms with Crippen molar-refractivity contribution in [3.63, 3.8) is 0 Å². The van der Waals surface area contributed by atoms with E-state index in [2.05, 4.69) is 19.9 Å². The van der Waals surface area contributed by atoms with Crippen LogP contribution in [0, 0.1) is 19.8 Å². The van der Waals surface area contributed by atoms with Crippen molar-refractivity contribution < 1.29 is 14.7 Å². The summed E-state index contributed by atoms with van der Waals surface area (Å²) in [7, 11) is 0. The predicted molar refractivity (Wildman–Crippen MR) is 119 cm³/mol. The Hall–Kier alpha value is -2.42. The van der Waals surface area contributed by atoms with Crippen LogP contribution in [0.25, 0.3) is 0 Å². The van der Waals surface area contributed by atoms with E-state index in [1.165, 1.54) is 5.56 Å². The number of carboxylic acids is 1. The topological polar surface area (TPSA) is 54.4 Å². The van der Waals surface area contributed by atoms with E-state index >= 15 is 0 Å². The third kappa shape index (κ3) is 4.60. The smallest absolute Gasteiger partial charge is 0.318 e. The van der Waals surface area contributed by atoms with E-state index < -0.39 is 16.8 Å². The van der Waals surface area contributed by atoms with Crippen molar-refractivity contribution in [3.05, 3.63) is 69.8 Å². The molecule has 1 unspecified atom stereocenters. The highest BCUT2D eigenvalue weighted by Gasteiger charge is 2.42. The van der Waals surface area contributed by atoms with Gasteiger partial charge in [0.2, 0.25) is 0 Å². The highest BCUT2D eigenvalue weighted by Crippen LogP contribution is 2.42. The summed E-state index contributed by atoms with van der Waals surface area (Å²) in [6.07, 6.45) is 2.22. The highest BCUT2D eigenvalue weighted by atomic mass is 16.4. The van der Waals surface area contributed by atoms with Gasteiger partial charge in [-0.05, 0) is 66.3 Å². The first-order chi connectivity index (χ1) is 13.4. The summed E-state index contributed by atoms with van der Waals surface area (Å²) in [5, 5.41) is 10.4. The van der Waals surface area contributed by atoms with Gasteiger partial charge < -0.3 is 9.90 Å². The van der Waals surface area contributed by atoms with E-state index in [-0.39, 0.29) is 0 Å². The molecule has 2 aromatic carbocycles. The van der Waals surface area contributed by atoms with Crippen molar-refractivity contribution in [2.75, 3.05) is 0 Å². The zero-order valence-corrected chi connectivity index (χ0v) is 18.8. The van der Waals surface area contributed by atoms with Gasteiger partial charge >= 0.3 is 5.97 Å². The maximum atomic E-state index is 12.7.